The van der Waals surface area contributed by atoms with Gasteiger partial charge in [-0.1, -0.05) is 0 Å². The summed E-state index contributed by atoms with van der Waals surface area (Å²) in [6.07, 6.45) is 3.11. The predicted octanol–water partition coefficient (Wildman–Crippen LogP) is 2.09. The van der Waals surface area contributed by atoms with E-state index in [1.165, 1.54) is 11.3 Å². The van der Waals surface area contributed by atoms with E-state index >= 15 is 0 Å². The summed E-state index contributed by atoms with van der Waals surface area (Å²) in [7, 11) is 0. The minimum absolute atomic E-state index is 0.0910. The van der Waals surface area contributed by atoms with Gasteiger partial charge in [0.05, 0.1) is 11.5 Å². The summed E-state index contributed by atoms with van der Waals surface area (Å²) in [5.74, 6) is 1.64. The molecule has 5 heteroatoms. The second-order valence-electron chi connectivity index (χ2n) is 6.44. The van der Waals surface area contributed by atoms with Gasteiger partial charge < -0.3 is 18.9 Å². The number of nitrogens with zero attached hydrogens (tertiary/aromatic N) is 1. The van der Waals surface area contributed by atoms with Crippen molar-refractivity contribution in [2.24, 2.45) is 4.99 Å². The van der Waals surface area contributed by atoms with Crippen molar-refractivity contribution in [3.63, 3.8) is 0 Å². The van der Waals surface area contributed by atoms with Gasteiger partial charge in [-0.3, -0.25) is 4.99 Å². The van der Waals surface area contributed by atoms with Crippen LogP contribution in [0.25, 0.3) is 0 Å². The predicted molar refractivity (Wildman–Crippen MR) is 72.9 cm³/mol. The Morgan fingerprint density at radius 3 is 3.00 bits per heavy atom. The third kappa shape index (κ3) is 1.12. The van der Waals surface area contributed by atoms with Crippen LogP contribution in [0.15, 0.2) is 17.1 Å². The monoisotopic (exact) mass is 285 g/mol. The molecule has 4 heterocycles. The van der Waals surface area contributed by atoms with Crippen LogP contribution in [0, 0.1) is 0 Å². The zero-order chi connectivity index (χ0) is 13.6. The van der Waals surface area contributed by atoms with Crippen molar-refractivity contribution in [3.05, 3.63) is 23.3 Å². The van der Waals surface area contributed by atoms with Crippen molar-refractivity contribution in [3.8, 4) is 11.5 Å². The van der Waals surface area contributed by atoms with Gasteiger partial charge in [0.15, 0.2) is 17.8 Å². The van der Waals surface area contributed by atoms with Crippen molar-refractivity contribution >= 4 is 5.71 Å². The topological polar surface area (TPSA) is 49.3 Å². The molecule has 6 rings (SSSR count). The number of rotatable bonds is 0. The highest BCUT2D eigenvalue weighted by atomic mass is 16.7. The van der Waals surface area contributed by atoms with Crippen LogP contribution in [-0.2, 0) is 14.9 Å². The van der Waals surface area contributed by atoms with E-state index in [1.54, 1.807) is 0 Å². The number of hydrogen-bond acceptors (Lipinski definition) is 5. The molecule has 5 aliphatic rings. The minimum atomic E-state index is -0.255. The SMILES string of the molecule is c1c2c(cc3c1C1OC4CCC5=NCCC53C4O1)OCO2. The fourth-order valence-electron chi connectivity index (χ4n) is 4.81. The van der Waals surface area contributed by atoms with E-state index in [0.29, 0.717) is 6.79 Å². The maximum Gasteiger partial charge on any atom is 0.231 e. The van der Waals surface area contributed by atoms with Gasteiger partial charge in [0.1, 0.15) is 6.10 Å². The van der Waals surface area contributed by atoms with Crippen molar-refractivity contribution < 1.29 is 18.9 Å². The average molecular weight is 285 g/mol. The molecule has 1 aromatic carbocycles. The molecule has 108 valence electrons. The van der Waals surface area contributed by atoms with E-state index < -0.39 is 0 Å². The molecule has 2 fully saturated rings. The summed E-state index contributed by atoms with van der Waals surface area (Å²) in [6.45, 7) is 1.19. The molecule has 4 atom stereocenters. The van der Waals surface area contributed by atoms with Crippen LogP contribution < -0.4 is 9.47 Å². The standard InChI is InChI=1S/C16H15NO4/c1-2-13-16(3-4-17-13)9-6-12-11(18-7-19-12)5-8(9)15-20-10(1)14(16)21-15/h5-6,10,14-15H,1-4,7H2. The summed E-state index contributed by atoms with van der Waals surface area (Å²) in [5, 5.41) is 0. The number of hydrogen-bond donors (Lipinski definition) is 0. The van der Waals surface area contributed by atoms with Crippen LogP contribution in [0.4, 0.5) is 0 Å². The summed E-state index contributed by atoms with van der Waals surface area (Å²) < 4.78 is 23.5. The first-order valence-electron chi connectivity index (χ1n) is 7.65. The van der Waals surface area contributed by atoms with Crippen molar-refractivity contribution in [1.82, 2.24) is 0 Å². The van der Waals surface area contributed by atoms with Gasteiger partial charge in [0, 0.05) is 17.8 Å². The molecule has 1 aromatic rings. The van der Waals surface area contributed by atoms with Crippen LogP contribution in [0.5, 0.6) is 11.5 Å². The van der Waals surface area contributed by atoms with Gasteiger partial charge in [-0.25, -0.2) is 0 Å². The summed E-state index contributed by atoms with van der Waals surface area (Å²) >= 11 is 0. The number of ether oxygens (including phenoxy) is 4. The third-order valence-electron chi connectivity index (χ3n) is 5.66. The molecule has 1 spiro atoms. The molecule has 1 saturated carbocycles. The van der Waals surface area contributed by atoms with Gasteiger partial charge in [0.25, 0.3) is 0 Å². The number of aliphatic imine (C=N–C) groups is 1. The van der Waals surface area contributed by atoms with Gasteiger partial charge in [-0.2, -0.15) is 0 Å². The van der Waals surface area contributed by atoms with E-state index in [0.717, 1.165) is 42.9 Å². The van der Waals surface area contributed by atoms with Gasteiger partial charge >= 0.3 is 0 Å². The normalized spacial score (nSPS) is 40.8. The highest BCUT2D eigenvalue weighted by Crippen LogP contribution is 2.58. The lowest BCUT2D eigenvalue weighted by atomic mass is 9.63. The zero-order valence-corrected chi connectivity index (χ0v) is 11.5. The van der Waals surface area contributed by atoms with Crippen molar-refractivity contribution in [2.75, 3.05) is 13.3 Å². The highest BCUT2D eigenvalue weighted by Gasteiger charge is 2.62. The molecular formula is C16H15NO4. The van der Waals surface area contributed by atoms with Gasteiger partial charge in [0.2, 0.25) is 6.79 Å². The van der Waals surface area contributed by atoms with Crippen molar-refractivity contribution in [2.45, 2.75) is 43.2 Å². The Morgan fingerprint density at radius 2 is 2.05 bits per heavy atom. The molecular weight excluding hydrogens is 270 g/mol. The maximum absolute atomic E-state index is 6.26. The molecule has 0 amide bonds. The lowest BCUT2D eigenvalue weighted by Crippen LogP contribution is -2.54. The fourth-order valence-corrected chi connectivity index (χ4v) is 4.81. The highest BCUT2D eigenvalue weighted by molar-refractivity contribution is 5.99. The van der Waals surface area contributed by atoms with Crippen molar-refractivity contribution in [1.29, 1.82) is 0 Å². The molecule has 0 radical (unpaired) electrons. The Balaban J connectivity index is 1.67. The van der Waals surface area contributed by atoms with Crippen LogP contribution in [0.2, 0.25) is 0 Å². The minimum Gasteiger partial charge on any atom is -0.454 e. The quantitative estimate of drug-likeness (QED) is 0.732. The molecule has 0 aromatic heterocycles. The van der Waals surface area contributed by atoms with E-state index in [2.05, 4.69) is 6.07 Å². The van der Waals surface area contributed by atoms with E-state index in [-0.39, 0.29) is 23.9 Å². The van der Waals surface area contributed by atoms with Gasteiger partial charge in [-0.15, -0.1) is 0 Å². The molecule has 5 nitrogen and oxygen atoms in total. The smallest absolute Gasteiger partial charge is 0.231 e. The lowest BCUT2D eigenvalue weighted by Gasteiger charge is -2.44. The molecule has 21 heavy (non-hydrogen) atoms. The number of fused-ring (bicyclic) bond motifs is 4. The summed E-state index contributed by atoms with van der Waals surface area (Å²) in [5.41, 5.74) is 3.61. The second kappa shape index (κ2) is 3.42. The Labute approximate surface area is 121 Å². The molecule has 1 aliphatic carbocycles. The first-order valence-corrected chi connectivity index (χ1v) is 7.65. The van der Waals surface area contributed by atoms with E-state index in [9.17, 15) is 0 Å². The lowest BCUT2D eigenvalue weighted by molar-refractivity contribution is -0.0831. The van der Waals surface area contributed by atoms with Crippen LogP contribution in [0.3, 0.4) is 0 Å². The summed E-state index contributed by atoms with van der Waals surface area (Å²) in [4.78, 5) is 4.79. The van der Waals surface area contributed by atoms with Crippen LogP contribution >= 0.6 is 0 Å². The Hall–Kier alpha value is -1.59. The third-order valence-corrected chi connectivity index (χ3v) is 5.66. The first kappa shape index (κ1) is 11.0. The fraction of sp³-hybridized carbons (Fsp3) is 0.562. The van der Waals surface area contributed by atoms with Gasteiger partial charge in [-0.05, 0) is 37.0 Å². The average Bonchev–Trinajstić information content (AvgIpc) is 3.20. The zero-order valence-electron chi connectivity index (χ0n) is 11.5. The molecule has 1 saturated heterocycles. The first-order chi connectivity index (χ1) is 10.4. The van der Waals surface area contributed by atoms with Crippen LogP contribution in [-0.4, -0.2) is 31.3 Å². The molecule has 4 aliphatic heterocycles. The number of benzene rings is 1. The molecule has 2 bridgehead atoms. The maximum atomic E-state index is 6.26. The molecule has 0 N–H and O–H groups in total. The van der Waals surface area contributed by atoms with E-state index in [4.69, 9.17) is 23.9 Å². The van der Waals surface area contributed by atoms with E-state index in [1.807, 2.05) is 6.07 Å². The second-order valence-corrected chi connectivity index (χ2v) is 6.44. The largest absolute Gasteiger partial charge is 0.454 e. The molecule has 4 unspecified atom stereocenters. The summed E-state index contributed by atoms with van der Waals surface area (Å²) in [6, 6.07) is 4.20. The Morgan fingerprint density at radius 1 is 1.14 bits per heavy atom. The Kier molecular flexibility index (Phi) is 1.80. The Bertz CT molecular complexity index is 700. The van der Waals surface area contributed by atoms with Crippen LogP contribution in [0.1, 0.15) is 36.7 Å².